The van der Waals surface area contributed by atoms with Gasteiger partial charge in [-0.1, -0.05) is 0 Å². The standard InChI is InChI=1S/C17H33F3N6/c1-21-16(23-15-5-8-26(13-15)14-17(18,19)20)22-6-3-4-7-25-11-9-24(2)10-12-25/h15H,3-14H2,1-2H3,(H2,21,22,23). The van der Waals surface area contributed by atoms with Crippen molar-refractivity contribution < 1.29 is 13.2 Å². The van der Waals surface area contributed by atoms with E-state index in [2.05, 4.69) is 32.5 Å². The summed E-state index contributed by atoms with van der Waals surface area (Å²) in [5.74, 6) is 0.684. The number of likely N-dealkylation sites (N-methyl/N-ethyl adjacent to an activating group) is 1. The minimum absolute atomic E-state index is 0.0221. The Balaban J connectivity index is 1.55. The summed E-state index contributed by atoms with van der Waals surface area (Å²) in [5.41, 5.74) is 0. The fourth-order valence-corrected chi connectivity index (χ4v) is 3.47. The highest BCUT2D eigenvalue weighted by atomic mass is 19.4. The second-order valence-corrected chi connectivity index (χ2v) is 7.33. The number of aliphatic imine (C=N–C) groups is 1. The lowest BCUT2D eigenvalue weighted by Gasteiger charge is -2.32. The van der Waals surface area contributed by atoms with E-state index in [1.165, 1.54) is 4.90 Å². The van der Waals surface area contributed by atoms with E-state index >= 15 is 0 Å². The van der Waals surface area contributed by atoms with Crippen molar-refractivity contribution in [2.75, 3.05) is 73.0 Å². The molecule has 2 rings (SSSR count). The van der Waals surface area contributed by atoms with Gasteiger partial charge in [0.25, 0.3) is 0 Å². The Kier molecular flexibility index (Phi) is 8.43. The van der Waals surface area contributed by atoms with E-state index < -0.39 is 12.7 Å². The fourth-order valence-electron chi connectivity index (χ4n) is 3.47. The molecule has 26 heavy (non-hydrogen) atoms. The normalized spacial score (nSPS) is 24.2. The van der Waals surface area contributed by atoms with E-state index in [0.29, 0.717) is 25.5 Å². The molecule has 0 amide bonds. The van der Waals surface area contributed by atoms with E-state index in [4.69, 9.17) is 0 Å². The van der Waals surface area contributed by atoms with E-state index in [-0.39, 0.29) is 6.04 Å². The molecule has 0 aromatic heterocycles. The zero-order chi connectivity index (χ0) is 19.0. The SMILES string of the molecule is CN=C(NCCCCN1CCN(C)CC1)NC1CCN(CC(F)(F)F)C1. The number of rotatable bonds is 7. The van der Waals surface area contributed by atoms with E-state index in [9.17, 15) is 13.2 Å². The Bertz CT molecular complexity index is 435. The summed E-state index contributed by atoms with van der Waals surface area (Å²) in [6.07, 6.45) is -1.23. The summed E-state index contributed by atoms with van der Waals surface area (Å²) in [6.45, 7) is 6.56. The van der Waals surface area contributed by atoms with Crippen LogP contribution in [0.5, 0.6) is 0 Å². The highest BCUT2D eigenvalue weighted by Crippen LogP contribution is 2.19. The van der Waals surface area contributed by atoms with Gasteiger partial charge in [-0.15, -0.1) is 0 Å². The maximum absolute atomic E-state index is 12.5. The number of hydrogen-bond acceptors (Lipinski definition) is 4. The van der Waals surface area contributed by atoms with Crippen LogP contribution >= 0.6 is 0 Å². The molecule has 0 bridgehead atoms. The molecule has 2 aliphatic heterocycles. The maximum atomic E-state index is 12.5. The highest BCUT2D eigenvalue weighted by Gasteiger charge is 2.34. The van der Waals surface area contributed by atoms with Gasteiger partial charge in [-0.25, -0.2) is 0 Å². The van der Waals surface area contributed by atoms with Gasteiger partial charge in [0, 0.05) is 58.9 Å². The van der Waals surface area contributed by atoms with Crippen molar-refractivity contribution in [1.29, 1.82) is 0 Å². The van der Waals surface area contributed by atoms with Gasteiger partial charge in [-0.05, 0) is 32.9 Å². The molecule has 1 unspecified atom stereocenters. The Hall–Kier alpha value is -1.06. The molecular formula is C17H33F3N6. The van der Waals surface area contributed by atoms with E-state index in [0.717, 1.165) is 52.1 Å². The van der Waals surface area contributed by atoms with Crippen LogP contribution in [-0.4, -0.2) is 106 Å². The number of nitrogens with zero attached hydrogens (tertiary/aromatic N) is 4. The molecule has 0 radical (unpaired) electrons. The lowest BCUT2D eigenvalue weighted by atomic mass is 10.2. The Morgan fingerprint density at radius 1 is 1.08 bits per heavy atom. The van der Waals surface area contributed by atoms with Gasteiger partial charge in [0.2, 0.25) is 0 Å². The average Bonchev–Trinajstić information content (AvgIpc) is 3.00. The third-order valence-electron chi connectivity index (χ3n) is 5.03. The summed E-state index contributed by atoms with van der Waals surface area (Å²) in [5, 5.41) is 6.52. The largest absolute Gasteiger partial charge is 0.401 e. The van der Waals surface area contributed by atoms with Crippen molar-refractivity contribution in [3.05, 3.63) is 0 Å². The lowest BCUT2D eigenvalue weighted by molar-refractivity contribution is -0.143. The molecular weight excluding hydrogens is 345 g/mol. The van der Waals surface area contributed by atoms with Crippen LogP contribution in [0.3, 0.4) is 0 Å². The Labute approximate surface area is 154 Å². The van der Waals surface area contributed by atoms with Gasteiger partial charge in [0.15, 0.2) is 5.96 Å². The summed E-state index contributed by atoms with van der Waals surface area (Å²) in [4.78, 5) is 10.5. The number of nitrogens with one attached hydrogen (secondary N) is 2. The predicted octanol–water partition coefficient (Wildman–Crippen LogP) is 0.816. The minimum Gasteiger partial charge on any atom is -0.356 e. The number of alkyl halides is 3. The first kappa shape index (κ1) is 21.2. The first-order valence-corrected chi connectivity index (χ1v) is 9.53. The third-order valence-corrected chi connectivity index (χ3v) is 5.03. The van der Waals surface area contributed by atoms with Gasteiger partial charge in [-0.3, -0.25) is 9.89 Å². The van der Waals surface area contributed by atoms with Crippen molar-refractivity contribution in [2.24, 2.45) is 4.99 Å². The number of guanidine groups is 1. The van der Waals surface area contributed by atoms with Crippen LogP contribution in [-0.2, 0) is 0 Å². The molecule has 0 aromatic rings. The number of piperazine rings is 1. The molecule has 2 fully saturated rings. The third kappa shape index (κ3) is 8.09. The molecule has 0 saturated carbocycles. The van der Waals surface area contributed by atoms with Crippen LogP contribution in [0.4, 0.5) is 13.2 Å². The second kappa shape index (κ2) is 10.3. The number of hydrogen-bond donors (Lipinski definition) is 2. The first-order chi connectivity index (χ1) is 12.4. The molecule has 6 nitrogen and oxygen atoms in total. The molecule has 9 heteroatoms. The molecule has 152 valence electrons. The van der Waals surface area contributed by atoms with Crippen molar-refractivity contribution in [2.45, 2.75) is 31.5 Å². The summed E-state index contributed by atoms with van der Waals surface area (Å²) >= 11 is 0. The number of halogens is 3. The first-order valence-electron chi connectivity index (χ1n) is 9.53. The fraction of sp³-hybridized carbons (Fsp3) is 0.941. The van der Waals surface area contributed by atoms with Crippen molar-refractivity contribution in [1.82, 2.24) is 25.3 Å². The molecule has 2 saturated heterocycles. The smallest absolute Gasteiger partial charge is 0.356 e. The molecule has 2 N–H and O–H groups in total. The van der Waals surface area contributed by atoms with Crippen LogP contribution in [0.25, 0.3) is 0 Å². The molecule has 2 heterocycles. The zero-order valence-electron chi connectivity index (χ0n) is 16.0. The second-order valence-electron chi connectivity index (χ2n) is 7.33. The Morgan fingerprint density at radius 3 is 2.46 bits per heavy atom. The van der Waals surface area contributed by atoms with Crippen molar-refractivity contribution >= 4 is 5.96 Å². The van der Waals surface area contributed by atoms with Crippen molar-refractivity contribution in [3.63, 3.8) is 0 Å². The van der Waals surface area contributed by atoms with Gasteiger partial charge < -0.3 is 20.4 Å². The molecule has 2 aliphatic rings. The highest BCUT2D eigenvalue weighted by molar-refractivity contribution is 5.79. The quantitative estimate of drug-likeness (QED) is 0.390. The Morgan fingerprint density at radius 2 is 1.81 bits per heavy atom. The zero-order valence-corrected chi connectivity index (χ0v) is 16.0. The summed E-state index contributed by atoms with van der Waals surface area (Å²) < 4.78 is 37.4. The van der Waals surface area contributed by atoms with Crippen LogP contribution < -0.4 is 10.6 Å². The van der Waals surface area contributed by atoms with Crippen LogP contribution in [0, 0.1) is 0 Å². The topological polar surface area (TPSA) is 46.1 Å². The molecule has 1 atom stereocenters. The van der Waals surface area contributed by atoms with Crippen LogP contribution in [0.2, 0.25) is 0 Å². The number of unbranched alkanes of at least 4 members (excludes halogenated alkanes) is 1. The van der Waals surface area contributed by atoms with Crippen LogP contribution in [0.1, 0.15) is 19.3 Å². The lowest BCUT2D eigenvalue weighted by Crippen LogP contribution is -2.46. The summed E-state index contributed by atoms with van der Waals surface area (Å²) in [6, 6.07) is 0.0221. The summed E-state index contributed by atoms with van der Waals surface area (Å²) in [7, 11) is 3.86. The van der Waals surface area contributed by atoms with Gasteiger partial charge in [0.05, 0.1) is 6.54 Å². The minimum atomic E-state index is -4.13. The monoisotopic (exact) mass is 378 g/mol. The molecule has 0 spiro atoms. The van der Waals surface area contributed by atoms with Crippen molar-refractivity contribution in [3.8, 4) is 0 Å². The average molecular weight is 378 g/mol. The van der Waals surface area contributed by atoms with Gasteiger partial charge in [-0.2, -0.15) is 13.2 Å². The van der Waals surface area contributed by atoms with E-state index in [1.807, 2.05) is 0 Å². The molecule has 0 aromatic carbocycles. The number of likely N-dealkylation sites (tertiary alicyclic amines) is 1. The van der Waals surface area contributed by atoms with Gasteiger partial charge in [0.1, 0.15) is 0 Å². The maximum Gasteiger partial charge on any atom is 0.401 e. The molecule has 0 aliphatic carbocycles. The van der Waals surface area contributed by atoms with Gasteiger partial charge >= 0.3 is 6.18 Å². The predicted molar refractivity (Wildman–Crippen MR) is 98.6 cm³/mol. The van der Waals surface area contributed by atoms with Crippen LogP contribution in [0.15, 0.2) is 4.99 Å². The van der Waals surface area contributed by atoms with E-state index in [1.54, 1.807) is 7.05 Å².